The van der Waals surface area contributed by atoms with Crippen LogP contribution in [0.1, 0.15) is 48.5 Å². The maximum absolute atomic E-state index is 12.1. The standard InChI is InChI=1S/C21H24ClN3O5/c1-3-4-5-6-11-30-20-18(22)12-15(13-19(20)29-2)14-23-24-21(26)16-7-9-17(10-8-16)25(27)28/h7-10,12-14H,3-6,11H2,1-2H3,(H,24,26). The van der Waals surface area contributed by atoms with Crippen LogP contribution in [0.5, 0.6) is 11.5 Å². The molecule has 0 heterocycles. The molecule has 1 amide bonds. The summed E-state index contributed by atoms with van der Waals surface area (Å²) in [6, 6.07) is 8.58. The molecule has 2 aromatic carbocycles. The number of nitro benzene ring substituents is 1. The molecule has 1 N–H and O–H groups in total. The second kappa shape index (κ2) is 11.8. The highest BCUT2D eigenvalue weighted by Gasteiger charge is 2.12. The summed E-state index contributed by atoms with van der Waals surface area (Å²) < 4.78 is 11.1. The van der Waals surface area contributed by atoms with Crippen LogP contribution in [0.15, 0.2) is 41.5 Å². The lowest BCUT2D eigenvalue weighted by molar-refractivity contribution is -0.384. The fourth-order valence-electron chi connectivity index (χ4n) is 2.62. The monoisotopic (exact) mass is 433 g/mol. The molecule has 0 spiro atoms. The van der Waals surface area contributed by atoms with Crippen molar-refractivity contribution in [2.24, 2.45) is 5.10 Å². The summed E-state index contributed by atoms with van der Waals surface area (Å²) in [5, 5.41) is 15.0. The molecule has 2 rings (SSSR count). The lowest BCUT2D eigenvalue weighted by Crippen LogP contribution is -2.17. The number of nitrogens with zero attached hydrogens (tertiary/aromatic N) is 2. The molecule has 8 nitrogen and oxygen atoms in total. The van der Waals surface area contributed by atoms with E-state index in [9.17, 15) is 14.9 Å². The summed E-state index contributed by atoms with van der Waals surface area (Å²) in [4.78, 5) is 22.2. The summed E-state index contributed by atoms with van der Waals surface area (Å²) in [5.74, 6) is 0.454. The third kappa shape index (κ3) is 6.73. The summed E-state index contributed by atoms with van der Waals surface area (Å²) in [6.45, 7) is 2.70. The first-order chi connectivity index (χ1) is 14.5. The molecule has 0 aliphatic rings. The number of halogens is 1. The molecule has 0 bridgehead atoms. The quantitative estimate of drug-likeness (QED) is 0.233. The third-order valence-corrected chi connectivity index (χ3v) is 4.50. The van der Waals surface area contributed by atoms with E-state index in [1.165, 1.54) is 37.6 Å². The minimum atomic E-state index is -0.532. The maximum atomic E-state index is 12.1. The van der Waals surface area contributed by atoms with Crippen LogP contribution in [-0.4, -0.2) is 30.8 Å². The first-order valence-electron chi connectivity index (χ1n) is 9.54. The molecule has 160 valence electrons. The van der Waals surface area contributed by atoms with Gasteiger partial charge in [0.25, 0.3) is 11.6 Å². The average molecular weight is 434 g/mol. The van der Waals surface area contributed by atoms with Crippen LogP contribution in [0.4, 0.5) is 5.69 Å². The van der Waals surface area contributed by atoms with Gasteiger partial charge in [-0.25, -0.2) is 5.43 Å². The van der Waals surface area contributed by atoms with Gasteiger partial charge in [-0.3, -0.25) is 14.9 Å². The molecule has 0 fully saturated rings. The van der Waals surface area contributed by atoms with Crippen molar-refractivity contribution >= 4 is 29.4 Å². The molecule has 9 heteroatoms. The van der Waals surface area contributed by atoms with Crippen LogP contribution in [0.3, 0.4) is 0 Å². The van der Waals surface area contributed by atoms with E-state index in [0.717, 1.165) is 25.7 Å². The Kier molecular flexibility index (Phi) is 9.08. The molecule has 0 radical (unpaired) electrons. The Morgan fingerprint density at radius 3 is 2.60 bits per heavy atom. The van der Waals surface area contributed by atoms with Gasteiger partial charge in [-0.15, -0.1) is 0 Å². The number of unbranched alkanes of at least 4 members (excludes halogenated alkanes) is 3. The molecule has 0 saturated carbocycles. The summed E-state index contributed by atoms with van der Waals surface area (Å²) in [7, 11) is 1.52. The topological polar surface area (TPSA) is 103 Å². The number of benzene rings is 2. The van der Waals surface area contributed by atoms with E-state index in [1.807, 2.05) is 0 Å². The summed E-state index contributed by atoms with van der Waals surface area (Å²) in [6.07, 6.45) is 5.76. The fourth-order valence-corrected chi connectivity index (χ4v) is 2.90. The highest BCUT2D eigenvalue weighted by atomic mass is 35.5. The van der Waals surface area contributed by atoms with Gasteiger partial charge in [0.05, 0.1) is 29.9 Å². The molecule has 0 atom stereocenters. The Morgan fingerprint density at radius 1 is 1.23 bits per heavy atom. The predicted molar refractivity (Wildman–Crippen MR) is 116 cm³/mol. The number of rotatable bonds is 11. The minimum Gasteiger partial charge on any atom is -0.493 e. The number of ether oxygens (including phenoxy) is 2. The van der Waals surface area contributed by atoms with Gasteiger partial charge < -0.3 is 9.47 Å². The van der Waals surface area contributed by atoms with Crippen molar-refractivity contribution in [3.8, 4) is 11.5 Å². The fraction of sp³-hybridized carbons (Fsp3) is 0.333. The molecular weight excluding hydrogens is 410 g/mol. The van der Waals surface area contributed by atoms with E-state index in [2.05, 4.69) is 17.5 Å². The third-order valence-electron chi connectivity index (χ3n) is 4.22. The number of amides is 1. The second-order valence-corrected chi connectivity index (χ2v) is 6.85. The number of carbonyl (C=O) groups excluding carboxylic acids is 1. The molecule has 0 aliphatic heterocycles. The number of nitrogens with one attached hydrogen (secondary N) is 1. The lowest BCUT2D eigenvalue weighted by Gasteiger charge is -2.13. The SMILES string of the molecule is CCCCCCOc1c(Cl)cc(C=NNC(=O)c2ccc([N+](=O)[O-])cc2)cc1OC. The largest absolute Gasteiger partial charge is 0.493 e. The van der Waals surface area contributed by atoms with Crippen molar-refractivity contribution < 1.29 is 19.2 Å². The van der Waals surface area contributed by atoms with E-state index in [0.29, 0.717) is 28.7 Å². The molecule has 0 aromatic heterocycles. The number of hydrazone groups is 1. The van der Waals surface area contributed by atoms with Crippen LogP contribution in [0.2, 0.25) is 5.02 Å². The molecule has 0 aliphatic carbocycles. The zero-order valence-corrected chi connectivity index (χ0v) is 17.6. The Labute approximate surface area is 180 Å². The maximum Gasteiger partial charge on any atom is 0.271 e. The van der Waals surface area contributed by atoms with Gasteiger partial charge in [0.2, 0.25) is 0 Å². The second-order valence-electron chi connectivity index (χ2n) is 6.45. The van der Waals surface area contributed by atoms with Crippen LogP contribution >= 0.6 is 11.6 Å². The zero-order chi connectivity index (χ0) is 21.9. The van der Waals surface area contributed by atoms with E-state index < -0.39 is 10.8 Å². The highest BCUT2D eigenvalue weighted by molar-refractivity contribution is 6.32. The van der Waals surface area contributed by atoms with Crippen molar-refractivity contribution in [3.05, 3.63) is 62.7 Å². The van der Waals surface area contributed by atoms with E-state index in [-0.39, 0.29) is 11.3 Å². The van der Waals surface area contributed by atoms with Gasteiger partial charge >= 0.3 is 0 Å². The van der Waals surface area contributed by atoms with Crippen molar-refractivity contribution in [3.63, 3.8) is 0 Å². The summed E-state index contributed by atoms with van der Waals surface area (Å²) >= 11 is 6.32. The zero-order valence-electron chi connectivity index (χ0n) is 16.9. The van der Waals surface area contributed by atoms with E-state index >= 15 is 0 Å². The van der Waals surface area contributed by atoms with Gasteiger partial charge in [-0.05, 0) is 36.2 Å². The molecule has 2 aromatic rings. The molecular formula is C21H24ClN3O5. The van der Waals surface area contributed by atoms with Gasteiger partial charge in [0.15, 0.2) is 11.5 Å². The van der Waals surface area contributed by atoms with Gasteiger partial charge in [-0.2, -0.15) is 5.10 Å². The van der Waals surface area contributed by atoms with E-state index in [4.69, 9.17) is 21.1 Å². The lowest BCUT2D eigenvalue weighted by atomic mass is 10.2. The van der Waals surface area contributed by atoms with Crippen molar-refractivity contribution in [1.29, 1.82) is 0 Å². The smallest absolute Gasteiger partial charge is 0.271 e. The normalized spacial score (nSPS) is 10.8. The molecule has 0 unspecified atom stereocenters. The van der Waals surface area contributed by atoms with Crippen LogP contribution in [0, 0.1) is 10.1 Å². The first kappa shape index (κ1) is 23.2. The minimum absolute atomic E-state index is 0.0931. The van der Waals surface area contributed by atoms with Gasteiger partial charge in [-0.1, -0.05) is 37.8 Å². The van der Waals surface area contributed by atoms with Crippen molar-refractivity contribution in [1.82, 2.24) is 5.43 Å². The van der Waals surface area contributed by atoms with Crippen molar-refractivity contribution in [2.75, 3.05) is 13.7 Å². The van der Waals surface area contributed by atoms with Crippen LogP contribution in [0.25, 0.3) is 0 Å². The highest BCUT2D eigenvalue weighted by Crippen LogP contribution is 2.36. The van der Waals surface area contributed by atoms with Crippen LogP contribution < -0.4 is 14.9 Å². The molecule has 0 saturated heterocycles. The number of methoxy groups -OCH3 is 1. The summed E-state index contributed by atoms with van der Waals surface area (Å²) in [5.41, 5.74) is 3.13. The molecule has 30 heavy (non-hydrogen) atoms. The Bertz CT molecular complexity index is 900. The van der Waals surface area contributed by atoms with Gasteiger partial charge in [0.1, 0.15) is 0 Å². The number of nitro groups is 1. The van der Waals surface area contributed by atoms with Crippen LogP contribution in [-0.2, 0) is 0 Å². The number of carbonyl (C=O) groups is 1. The average Bonchev–Trinajstić information content (AvgIpc) is 2.74. The first-order valence-corrected chi connectivity index (χ1v) is 9.92. The van der Waals surface area contributed by atoms with Crippen molar-refractivity contribution in [2.45, 2.75) is 32.6 Å². The van der Waals surface area contributed by atoms with Gasteiger partial charge in [0, 0.05) is 17.7 Å². The number of hydrogen-bond acceptors (Lipinski definition) is 6. The Balaban J connectivity index is 1.99. The number of hydrogen-bond donors (Lipinski definition) is 1. The number of non-ortho nitro benzene ring substituents is 1. The van der Waals surface area contributed by atoms with E-state index in [1.54, 1.807) is 12.1 Å². The Hall–Kier alpha value is -3.13. The predicted octanol–water partition coefficient (Wildman–Crippen LogP) is 4.98. The Morgan fingerprint density at radius 2 is 1.97 bits per heavy atom.